The van der Waals surface area contributed by atoms with E-state index >= 15 is 0 Å². The van der Waals surface area contributed by atoms with Crippen LogP contribution in [0.5, 0.6) is 0 Å². The SMILES string of the molecule is C#C.C=C(Cc1cc(-c2cnn(C)c2)ccc1N)NC[C@@H]1CCCCC1F. The quantitative estimate of drug-likeness (QED) is 0.596. The van der Waals surface area contributed by atoms with E-state index in [0.717, 1.165) is 47.3 Å². The Morgan fingerprint density at radius 2 is 2.07 bits per heavy atom. The van der Waals surface area contributed by atoms with E-state index in [1.165, 1.54) is 0 Å². The Kier molecular flexibility index (Phi) is 7.48. The number of nitrogens with one attached hydrogen (secondary N) is 1. The van der Waals surface area contributed by atoms with Crippen molar-refractivity contribution < 1.29 is 4.39 Å². The van der Waals surface area contributed by atoms with Crippen LogP contribution in [0.4, 0.5) is 10.1 Å². The van der Waals surface area contributed by atoms with Crippen molar-refractivity contribution in [3.05, 3.63) is 48.4 Å². The Morgan fingerprint density at radius 3 is 2.74 bits per heavy atom. The maximum Gasteiger partial charge on any atom is 0.105 e. The molecular formula is C22H29FN4. The number of hydrogen-bond donors (Lipinski definition) is 2. The van der Waals surface area contributed by atoms with Crippen LogP contribution in [0.3, 0.4) is 0 Å². The number of aryl methyl sites for hydroxylation is 1. The lowest BCUT2D eigenvalue weighted by atomic mass is 9.87. The van der Waals surface area contributed by atoms with Crippen molar-refractivity contribution in [2.75, 3.05) is 12.3 Å². The first kappa shape index (κ1) is 20.6. The molecule has 0 bridgehead atoms. The predicted molar refractivity (Wildman–Crippen MR) is 111 cm³/mol. The number of hydrogen-bond acceptors (Lipinski definition) is 3. The number of nitrogens with two attached hydrogens (primary N) is 1. The fourth-order valence-corrected chi connectivity index (χ4v) is 3.47. The van der Waals surface area contributed by atoms with Gasteiger partial charge in [-0.3, -0.25) is 4.68 Å². The monoisotopic (exact) mass is 368 g/mol. The van der Waals surface area contributed by atoms with Crippen LogP contribution >= 0.6 is 0 Å². The van der Waals surface area contributed by atoms with Gasteiger partial charge in [-0.25, -0.2) is 4.39 Å². The van der Waals surface area contributed by atoms with E-state index < -0.39 is 6.17 Å². The normalized spacial score (nSPS) is 19.0. The molecule has 1 unspecified atom stereocenters. The molecule has 0 aliphatic heterocycles. The van der Waals surface area contributed by atoms with Crippen LogP contribution in [0.1, 0.15) is 31.2 Å². The Morgan fingerprint density at radius 1 is 1.33 bits per heavy atom. The molecule has 1 fully saturated rings. The molecule has 1 aliphatic rings. The summed E-state index contributed by atoms with van der Waals surface area (Å²) in [6.07, 6.45) is 15.6. The number of nitrogens with zero attached hydrogens (tertiary/aromatic N) is 2. The number of nitrogen functional groups attached to an aromatic ring is 1. The van der Waals surface area contributed by atoms with Gasteiger partial charge in [-0.15, -0.1) is 12.8 Å². The maximum atomic E-state index is 13.9. The molecule has 1 saturated carbocycles. The molecule has 2 aromatic rings. The van der Waals surface area contributed by atoms with Crippen molar-refractivity contribution in [3.63, 3.8) is 0 Å². The molecule has 27 heavy (non-hydrogen) atoms. The van der Waals surface area contributed by atoms with Crippen LogP contribution in [0.25, 0.3) is 11.1 Å². The summed E-state index contributed by atoms with van der Waals surface area (Å²) in [6, 6.07) is 6.00. The van der Waals surface area contributed by atoms with Gasteiger partial charge in [-0.05, 0) is 36.1 Å². The summed E-state index contributed by atoms with van der Waals surface area (Å²) < 4.78 is 15.7. The zero-order valence-corrected chi connectivity index (χ0v) is 16.0. The minimum Gasteiger partial charge on any atom is -0.398 e. The maximum absolute atomic E-state index is 13.9. The zero-order valence-electron chi connectivity index (χ0n) is 16.0. The molecule has 3 rings (SSSR count). The number of aromatic nitrogens is 2. The highest BCUT2D eigenvalue weighted by molar-refractivity contribution is 5.67. The smallest absolute Gasteiger partial charge is 0.105 e. The molecule has 1 aliphatic carbocycles. The molecule has 0 saturated heterocycles. The summed E-state index contributed by atoms with van der Waals surface area (Å²) >= 11 is 0. The van der Waals surface area contributed by atoms with Crippen molar-refractivity contribution in [2.24, 2.45) is 13.0 Å². The van der Waals surface area contributed by atoms with E-state index in [4.69, 9.17) is 5.73 Å². The summed E-state index contributed by atoms with van der Waals surface area (Å²) in [5.41, 5.74) is 10.9. The lowest BCUT2D eigenvalue weighted by Crippen LogP contribution is -2.31. The van der Waals surface area contributed by atoms with Gasteiger partial charge in [0.15, 0.2) is 0 Å². The van der Waals surface area contributed by atoms with Crippen molar-refractivity contribution in [3.8, 4) is 24.0 Å². The number of allylic oxidation sites excluding steroid dienone is 1. The van der Waals surface area contributed by atoms with Crippen LogP contribution in [0, 0.1) is 18.8 Å². The Bertz CT molecular complexity index is 778. The number of alkyl halides is 1. The average Bonchev–Trinajstić information content (AvgIpc) is 3.11. The second kappa shape index (κ2) is 9.82. The van der Waals surface area contributed by atoms with Crippen molar-refractivity contribution in [1.82, 2.24) is 15.1 Å². The largest absolute Gasteiger partial charge is 0.398 e. The minimum atomic E-state index is -0.687. The third kappa shape index (κ3) is 5.62. The minimum absolute atomic E-state index is 0.101. The highest BCUT2D eigenvalue weighted by Gasteiger charge is 2.24. The summed E-state index contributed by atoms with van der Waals surface area (Å²) in [5, 5.41) is 7.53. The Labute approximate surface area is 161 Å². The van der Waals surface area contributed by atoms with Crippen molar-refractivity contribution >= 4 is 5.69 Å². The van der Waals surface area contributed by atoms with Crippen molar-refractivity contribution in [2.45, 2.75) is 38.3 Å². The van der Waals surface area contributed by atoms with Crippen LogP contribution in [0.2, 0.25) is 0 Å². The second-order valence-corrected chi connectivity index (χ2v) is 7.04. The summed E-state index contributed by atoms with van der Waals surface area (Å²) in [4.78, 5) is 0. The lowest BCUT2D eigenvalue weighted by Gasteiger charge is -2.26. The molecule has 2 atom stereocenters. The van der Waals surface area contributed by atoms with Crippen molar-refractivity contribution in [1.29, 1.82) is 0 Å². The summed E-state index contributed by atoms with van der Waals surface area (Å²) in [7, 11) is 1.90. The van der Waals surface area contributed by atoms with Gasteiger partial charge in [0.2, 0.25) is 0 Å². The molecular weight excluding hydrogens is 339 g/mol. The van der Waals surface area contributed by atoms with Gasteiger partial charge in [0.25, 0.3) is 0 Å². The standard InChI is InChI=1S/C20H27FN4.C2H2/c1-14(23-11-16-5-3-4-6-19(16)21)9-17-10-15(7-8-20(17)22)18-12-24-25(2)13-18;1-2/h7-8,10,12-13,16,19,23H,1,3-6,9,11,22H2,2H3;1-2H/t16-,19?;/m0./s1. The molecule has 144 valence electrons. The molecule has 0 radical (unpaired) electrons. The fourth-order valence-electron chi connectivity index (χ4n) is 3.47. The highest BCUT2D eigenvalue weighted by atomic mass is 19.1. The molecule has 0 spiro atoms. The molecule has 1 aromatic heterocycles. The first-order valence-electron chi connectivity index (χ1n) is 9.29. The first-order valence-corrected chi connectivity index (χ1v) is 9.29. The van der Waals surface area contributed by atoms with E-state index in [1.54, 1.807) is 4.68 Å². The van der Waals surface area contributed by atoms with Crippen LogP contribution in [-0.4, -0.2) is 22.5 Å². The van der Waals surface area contributed by atoms with Crippen LogP contribution < -0.4 is 11.1 Å². The molecule has 1 heterocycles. The Balaban J connectivity index is 0.00000126. The van der Waals surface area contributed by atoms with Gasteiger partial charge in [0, 0.05) is 49.1 Å². The summed E-state index contributed by atoms with van der Waals surface area (Å²) in [6.45, 7) is 4.76. The molecule has 0 amide bonds. The van der Waals surface area contributed by atoms with Crippen LogP contribution in [-0.2, 0) is 13.5 Å². The van der Waals surface area contributed by atoms with E-state index in [2.05, 4.69) is 35.9 Å². The highest BCUT2D eigenvalue weighted by Crippen LogP contribution is 2.27. The molecule has 3 N–H and O–H groups in total. The van der Waals surface area contributed by atoms with Crippen LogP contribution in [0.15, 0.2) is 42.9 Å². The number of terminal acetylenes is 1. The van der Waals surface area contributed by atoms with Gasteiger partial charge in [0.05, 0.1) is 6.20 Å². The van der Waals surface area contributed by atoms with Gasteiger partial charge in [0.1, 0.15) is 6.17 Å². The lowest BCUT2D eigenvalue weighted by molar-refractivity contribution is 0.165. The van der Waals surface area contributed by atoms with E-state index in [1.807, 2.05) is 31.6 Å². The van der Waals surface area contributed by atoms with Gasteiger partial charge in [-0.1, -0.05) is 25.5 Å². The molecule has 4 nitrogen and oxygen atoms in total. The predicted octanol–water partition coefficient (Wildman–Crippen LogP) is 4.09. The number of benzene rings is 1. The third-order valence-electron chi connectivity index (χ3n) is 5.02. The molecule has 5 heteroatoms. The molecule has 1 aromatic carbocycles. The number of anilines is 1. The summed E-state index contributed by atoms with van der Waals surface area (Å²) in [5.74, 6) is 0.101. The zero-order chi connectivity index (χ0) is 19.8. The average molecular weight is 369 g/mol. The fraction of sp³-hybridized carbons (Fsp3) is 0.409. The Hall–Kier alpha value is -2.74. The van der Waals surface area contributed by atoms with E-state index in [-0.39, 0.29) is 5.92 Å². The number of halogens is 1. The topological polar surface area (TPSA) is 55.9 Å². The van der Waals surface area contributed by atoms with Gasteiger partial charge < -0.3 is 11.1 Å². The van der Waals surface area contributed by atoms with E-state index in [0.29, 0.717) is 19.4 Å². The van der Waals surface area contributed by atoms with Gasteiger partial charge >= 0.3 is 0 Å². The third-order valence-corrected chi connectivity index (χ3v) is 5.02. The first-order chi connectivity index (χ1) is 13.0. The van der Waals surface area contributed by atoms with E-state index in [9.17, 15) is 4.39 Å². The van der Waals surface area contributed by atoms with Gasteiger partial charge in [-0.2, -0.15) is 5.10 Å². The second-order valence-electron chi connectivity index (χ2n) is 7.04. The number of rotatable bonds is 6.